The molecule has 3 rings (SSSR count). The fraction of sp³-hybridized carbons (Fsp3) is 0.533. The van der Waals surface area contributed by atoms with Crippen LogP contribution in [0.15, 0.2) is 30.3 Å². The van der Waals surface area contributed by atoms with Crippen LogP contribution in [0.25, 0.3) is 0 Å². The van der Waals surface area contributed by atoms with Crippen LogP contribution >= 0.6 is 0 Å². The summed E-state index contributed by atoms with van der Waals surface area (Å²) in [5.74, 6) is 0.953. The van der Waals surface area contributed by atoms with Crippen LogP contribution in [-0.2, 0) is 4.79 Å². The molecular weight excluding hydrogens is 210 g/mol. The molecule has 2 unspecified atom stereocenters. The Morgan fingerprint density at radius 1 is 1.18 bits per heavy atom. The van der Waals surface area contributed by atoms with Crippen LogP contribution in [0, 0.1) is 5.92 Å². The minimum absolute atomic E-state index is 0.195. The Balaban J connectivity index is 1.71. The highest BCUT2D eigenvalue weighted by atomic mass is 16.1. The zero-order chi connectivity index (χ0) is 11.9. The molecule has 2 saturated carbocycles. The van der Waals surface area contributed by atoms with Gasteiger partial charge in [0, 0.05) is 5.92 Å². The standard InChI is InChI=1S/C15H19NO/c16-15(8-4-5-9-15)14(17)13-10-12(13)11-6-2-1-3-7-11/h1-3,6-7,12-13H,4-5,8-10,16H2. The summed E-state index contributed by atoms with van der Waals surface area (Å²) < 4.78 is 0. The number of rotatable bonds is 3. The molecular formula is C15H19NO. The lowest BCUT2D eigenvalue weighted by Crippen LogP contribution is -2.46. The van der Waals surface area contributed by atoms with E-state index in [0.29, 0.717) is 11.7 Å². The maximum Gasteiger partial charge on any atom is 0.156 e. The molecule has 90 valence electrons. The quantitative estimate of drug-likeness (QED) is 0.865. The van der Waals surface area contributed by atoms with Crippen molar-refractivity contribution in [2.24, 2.45) is 11.7 Å². The average molecular weight is 229 g/mol. The van der Waals surface area contributed by atoms with E-state index in [1.807, 2.05) is 18.2 Å². The number of carbonyl (C=O) groups excluding carboxylic acids is 1. The van der Waals surface area contributed by atoms with Crippen molar-refractivity contribution in [3.63, 3.8) is 0 Å². The van der Waals surface area contributed by atoms with Crippen molar-refractivity contribution < 1.29 is 4.79 Å². The third kappa shape index (κ3) is 1.91. The number of ketones is 1. The van der Waals surface area contributed by atoms with E-state index in [4.69, 9.17) is 5.73 Å². The van der Waals surface area contributed by atoms with Gasteiger partial charge in [-0.3, -0.25) is 4.79 Å². The zero-order valence-electron chi connectivity index (χ0n) is 10.1. The van der Waals surface area contributed by atoms with Gasteiger partial charge in [-0.1, -0.05) is 43.2 Å². The monoisotopic (exact) mass is 229 g/mol. The number of benzene rings is 1. The first-order valence-corrected chi connectivity index (χ1v) is 6.59. The molecule has 17 heavy (non-hydrogen) atoms. The summed E-state index contributed by atoms with van der Waals surface area (Å²) in [5.41, 5.74) is 7.04. The second-order valence-corrected chi connectivity index (χ2v) is 5.59. The van der Waals surface area contributed by atoms with Gasteiger partial charge in [-0.2, -0.15) is 0 Å². The highest BCUT2D eigenvalue weighted by molar-refractivity contribution is 5.93. The maximum atomic E-state index is 12.4. The van der Waals surface area contributed by atoms with Crippen molar-refractivity contribution in [1.82, 2.24) is 0 Å². The van der Waals surface area contributed by atoms with E-state index in [9.17, 15) is 4.79 Å². The van der Waals surface area contributed by atoms with E-state index in [-0.39, 0.29) is 5.92 Å². The molecule has 2 atom stereocenters. The molecule has 0 aliphatic heterocycles. The van der Waals surface area contributed by atoms with E-state index in [0.717, 1.165) is 32.1 Å². The van der Waals surface area contributed by atoms with E-state index in [1.54, 1.807) is 0 Å². The number of hydrogen-bond acceptors (Lipinski definition) is 2. The predicted octanol–water partition coefficient (Wildman–Crippen LogP) is 2.63. The van der Waals surface area contributed by atoms with Crippen molar-refractivity contribution in [3.05, 3.63) is 35.9 Å². The highest BCUT2D eigenvalue weighted by Crippen LogP contribution is 2.50. The lowest BCUT2D eigenvalue weighted by molar-refractivity contribution is -0.125. The largest absolute Gasteiger partial charge is 0.319 e. The lowest BCUT2D eigenvalue weighted by atomic mass is 9.89. The summed E-state index contributed by atoms with van der Waals surface area (Å²) in [5, 5.41) is 0. The molecule has 0 spiro atoms. The molecule has 1 aromatic rings. The molecule has 2 nitrogen and oxygen atoms in total. The highest BCUT2D eigenvalue weighted by Gasteiger charge is 2.51. The molecule has 0 amide bonds. The number of Topliss-reactive ketones (excluding diaryl/α,β-unsaturated/α-hetero) is 1. The van der Waals surface area contributed by atoms with Crippen LogP contribution in [0.1, 0.15) is 43.6 Å². The summed E-state index contributed by atoms with van der Waals surface area (Å²) >= 11 is 0. The van der Waals surface area contributed by atoms with Crippen molar-refractivity contribution in [2.45, 2.75) is 43.6 Å². The molecule has 0 heterocycles. The van der Waals surface area contributed by atoms with Gasteiger partial charge >= 0.3 is 0 Å². The van der Waals surface area contributed by atoms with Crippen LogP contribution in [-0.4, -0.2) is 11.3 Å². The first kappa shape index (κ1) is 11.0. The summed E-state index contributed by atoms with van der Waals surface area (Å²) in [7, 11) is 0. The van der Waals surface area contributed by atoms with Crippen LogP contribution in [0.3, 0.4) is 0 Å². The van der Waals surface area contributed by atoms with Crippen LogP contribution < -0.4 is 5.73 Å². The Labute approximate surface area is 102 Å². The molecule has 0 bridgehead atoms. The van der Waals surface area contributed by atoms with E-state index < -0.39 is 5.54 Å². The zero-order valence-corrected chi connectivity index (χ0v) is 10.1. The third-order valence-corrected chi connectivity index (χ3v) is 4.34. The van der Waals surface area contributed by atoms with Gasteiger partial charge in [0.25, 0.3) is 0 Å². The second kappa shape index (κ2) is 3.95. The second-order valence-electron chi connectivity index (χ2n) is 5.59. The van der Waals surface area contributed by atoms with Gasteiger partial charge in [0.2, 0.25) is 0 Å². The van der Waals surface area contributed by atoms with Crippen molar-refractivity contribution >= 4 is 5.78 Å². The van der Waals surface area contributed by atoms with Gasteiger partial charge in [-0.05, 0) is 30.7 Å². The fourth-order valence-corrected chi connectivity index (χ4v) is 3.17. The molecule has 2 aliphatic rings. The number of nitrogens with two attached hydrogens (primary N) is 1. The summed E-state index contributed by atoms with van der Waals surface area (Å²) in [6.45, 7) is 0. The fourth-order valence-electron chi connectivity index (χ4n) is 3.17. The molecule has 2 N–H and O–H groups in total. The summed E-state index contributed by atoms with van der Waals surface area (Å²) in [6, 6.07) is 10.3. The van der Waals surface area contributed by atoms with Crippen LogP contribution in [0.5, 0.6) is 0 Å². The maximum absolute atomic E-state index is 12.4. The smallest absolute Gasteiger partial charge is 0.156 e. The Bertz CT molecular complexity index is 420. The van der Waals surface area contributed by atoms with Gasteiger partial charge in [-0.25, -0.2) is 0 Å². The number of carbonyl (C=O) groups is 1. The van der Waals surface area contributed by atoms with E-state index in [1.165, 1.54) is 5.56 Å². The molecule has 0 saturated heterocycles. The Morgan fingerprint density at radius 2 is 1.82 bits per heavy atom. The third-order valence-electron chi connectivity index (χ3n) is 4.34. The Hall–Kier alpha value is -1.15. The average Bonchev–Trinajstić information content (AvgIpc) is 3.05. The lowest BCUT2D eigenvalue weighted by Gasteiger charge is -2.21. The minimum atomic E-state index is -0.492. The van der Waals surface area contributed by atoms with Gasteiger partial charge in [-0.15, -0.1) is 0 Å². The Morgan fingerprint density at radius 3 is 2.47 bits per heavy atom. The van der Waals surface area contributed by atoms with Gasteiger partial charge in [0.1, 0.15) is 0 Å². The van der Waals surface area contributed by atoms with E-state index in [2.05, 4.69) is 12.1 Å². The van der Waals surface area contributed by atoms with Crippen LogP contribution in [0.2, 0.25) is 0 Å². The van der Waals surface area contributed by atoms with Gasteiger partial charge in [0.05, 0.1) is 5.54 Å². The minimum Gasteiger partial charge on any atom is -0.319 e. The van der Waals surface area contributed by atoms with Gasteiger partial charge in [0.15, 0.2) is 5.78 Å². The Kier molecular flexibility index (Phi) is 2.55. The molecule has 1 aromatic carbocycles. The molecule has 2 fully saturated rings. The van der Waals surface area contributed by atoms with Crippen molar-refractivity contribution in [3.8, 4) is 0 Å². The first-order chi connectivity index (χ1) is 8.21. The molecule has 2 aliphatic carbocycles. The molecule has 0 radical (unpaired) electrons. The normalized spacial score (nSPS) is 30.2. The molecule has 2 heteroatoms. The van der Waals surface area contributed by atoms with Crippen LogP contribution in [0.4, 0.5) is 0 Å². The first-order valence-electron chi connectivity index (χ1n) is 6.59. The summed E-state index contributed by atoms with van der Waals surface area (Å²) in [6.07, 6.45) is 5.02. The predicted molar refractivity (Wildman–Crippen MR) is 67.7 cm³/mol. The summed E-state index contributed by atoms with van der Waals surface area (Å²) in [4.78, 5) is 12.4. The van der Waals surface area contributed by atoms with Crippen molar-refractivity contribution in [2.75, 3.05) is 0 Å². The number of hydrogen-bond donors (Lipinski definition) is 1. The van der Waals surface area contributed by atoms with Gasteiger partial charge < -0.3 is 5.73 Å². The SMILES string of the molecule is NC1(C(=O)C2CC2c2ccccc2)CCCC1. The van der Waals surface area contributed by atoms with Crippen molar-refractivity contribution in [1.29, 1.82) is 0 Å². The van der Waals surface area contributed by atoms with E-state index >= 15 is 0 Å². The molecule has 0 aromatic heterocycles. The topological polar surface area (TPSA) is 43.1 Å².